The molecule has 2 rings (SSSR count). The second-order valence-electron chi connectivity index (χ2n) is 5.09. The zero-order chi connectivity index (χ0) is 15.4. The van der Waals surface area contributed by atoms with Crippen LogP contribution in [0.1, 0.15) is 37.1 Å². The topological polar surface area (TPSA) is 41.5 Å². The second kappa shape index (κ2) is 6.83. The number of benzene rings is 2. The minimum atomic E-state index is 0.00453. The predicted octanol–water partition coefficient (Wildman–Crippen LogP) is 4.47. The molecule has 0 saturated carbocycles. The van der Waals surface area contributed by atoms with E-state index < -0.39 is 0 Å². The SMILES string of the molecule is COc1ccc(C(C)N[C@H](C)c2cccc(Cl)c2)c(O)c1. The largest absolute Gasteiger partial charge is 0.507 e. The lowest BCUT2D eigenvalue weighted by Gasteiger charge is -2.22. The number of nitrogens with one attached hydrogen (secondary N) is 1. The van der Waals surface area contributed by atoms with E-state index in [-0.39, 0.29) is 17.8 Å². The van der Waals surface area contributed by atoms with Crippen LogP contribution in [0.2, 0.25) is 5.02 Å². The van der Waals surface area contributed by atoms with Crippen LogP contribution in [0.5, 0.6) is 11.5 Å². The van der Waals surface area contributed by atoms with Gasteiger partial charge in [-0.1, -0.05) is 29.8 Å². The van der Waals surface area contributed by atoms with Gasteiger partial charge in [-0.15, -0.1) is 0 Å². The fourth-order valence-electron chi connectivity index (χ4n) is 2.35. The molecular weight excluding hydrogens is 286 g/mol. The molecule has 2 aromatic rings. The first-order valence-corrected chi connectivity index (χ1v) is 7.27. The number of phenolic OH excluding ortho intramolecular Hbond substituents is 1. The minimum absolute atomic E-state index is 0.00453. The van der Waals surface area contributed by atoms with Gasteiger partial charge in [0.15, 0.2) is 0 Å². The summed E-state index contributed by atoms with van der Waals surface area (Å²) in [4.78, 5) is 0. The Morgan fingerprint density at radius 1 is 1.10 bits per heavy atom. The molecule has 0 aromatic heterocycles. The van der Waals surface area contributed by atoms with E-state index >= 15 is 0 Å². The normalized spacial score (nSPS) is 13.7. The van der Waals surface area contributed by atoms with Crippen molar-refractivity contribution in [3.8, 4) is 11.5 Å². The molecule has 4 heteroatoms. The van der Waals surface area contributed by atoms with Gasteiger partial charge in [0.1, 0.15) is 11.5 Å². The van der Waals surface area contributed by atoms with Crippen LogP contribution in [0.15, 0.2) is 42.5 Å². The molecule has 112 valence electrons. The summed E-state index contributed by atoms with van der Waals surface area (Å²) in [5.41, 5.74) is 1.95. The number of phenols is 1. The van der Waals surface area contributed by atoms with Gasteiger partial charge < -0.3 is 15.2 Å². The number of ether oxygens (including phenoxy) is 1. The fourth-order valence-corrected chi connectivity index (χ4v) is 2.55. The van der Waals surface area contributed by atoms with E-state index in [4.69, 9.17) is 16.3 Å². The van der Waals surface area contributed by atoms with Gasteiger partial charge in [-0.3, -0.25) is 0 Å². The molecule has 3 nitrogen and oxygen atoms in total. The Kier molecular flexibility index (Phi) is 5.10. The third kappa shape index (κ3) is 3.90. The molecule has 0 bridgehead atoms. The molecule has 2 aromatic carbocycles. The second-order valence-corrected chi connectivity index (χ2v) is 5.53. The van der Waals surface area contributed by atoms with Gasteiger partial charge in [0.25, 0.3) is 0 Å². The maximum absolute atomic E-state index is 10.1. The van der Waals surface area contributed by atoms with E-state index in [2.05, 4.69) is 12.2 Å². The van der Waals surface area contributed by atoms with Gasteiger partial charge in [0.2, 0.25) is 0 Å². The van der Waals surface area contributed by atoms with Gasteiger partial charge in [0, 0.05) is 28.7 Å². The summed E-state index contributed by atoms with van der Waals surface area (Å²) in [6.45, 7) is 4.09. The van der Waals surface area contributed by atoms with Crippen LogP contribution in [-0.2, 0) is 0 Å². The van der Waals surface area contributed by atoms with Crippen molar-refractivity contribution in [2.24, 2.45) is 0 Å². The molecule has 0 aliphatic carbocycles. The summed E-state index contributed by atoms with van der Waals surface area (Å²) in [7, 11) is 1.58. The Labute approximate surface area is 130 Å². The van der Waals surface area contributed by atoms with Crippen molar-refractivity contribution in [3.05, 3.63) is 58.6 Å². The highest BCUT2D eigenvalue weighted by molar-refractivity contribution is 6.30. The van der Waals surface area contributed by atoms with Crippen molar-refractivity contribution >= 4 is 11.6 Å². The van der Waals surface area contributed by atoms with Crippen LogP contribution >= 0.6 is 11.6 Å². The maximum atomic E-state index is 10.1. The average molecular weight is 306 g/mol. The van der Waals surface area contributed by atoms with Crippen LogP contribution < -0.4 is 10.1 Å². The van der Waals surface area contributed by atoms with Crippen molar-refractivity contribution in [2.75, 3.05) is 7.11 Å². The van der Waals surface area contributed by atoms with Gasteiger partial charge in [-0.25, -0.2) is 0 Å². The Morgan fingerprint density at radius 3 is 2.48 bits per heavy atom. The first-order valence-electron chi connectivity index (χ1n) is 6.89. The standard InChI is InChI=1S/C17H20ClNO2/c1-11(13-5-4-6-14(18)9-13)19-12(2)16-8-7-15(21-3)10-17(16)20/h4-12,19-20H,1-3H3/t11-,12?/m1/s1. The quantitative estimate of drug-likeness (QED) is 0.856. The van der Waals surface area contributed by atoms with Crippen molar-refractivity contribution in [1.82, 2.24) is 5.32 Å². The third-order valence-electron chi connectivity index (χ3n) is 3.55. The summed E-state index contributed by atoms with van der Waals surface area (Å²) in [6.07, 6.45) is 0. The Balaban J connectivity index is 2.12. The molecule has 2 N–H and O–H groups in total. The van der Waals surface area contributed by atoms with Crippen LogP contribution in [0.3, 0.4) is 0 Å². The lowest BCUT2D eigenvalue weighted by Crippen LogP contribution is -2.22. The summed E-state index contributed by atoms with van der Waals surface area (Å²) in [5.74, 6) is 0.874. The number of hydrogen-bond acceptors (Lipinski definition) is 3. The summed E-state index contributed by atoms with van der Waals surface area (Å²) in [5, 5.41) is 14.3. The summed E-state index contributed by atoms with van der Waals surface area (Å²) >= 11 is 6.02. The molecule has 0 aliphatic rings. The van der Waals surface area contributed by atoms with E-state index in [0.29, 0.717) is 5.75 Å². The van der Waals surface area contributed by atoms with E-state index in [1.165, 1.54) is 0 Å². The molecule has 0 spiro atoms. The summed E-state index contributed by atoms with van der Waals surface area (Å²) < 4.78 is 5.10. The van der Waals surface area contributed by atoms with Crippen molar-refractivity contribution in [2.45, 2.75) is 25.9 Å². The zero-order valence-corrected chi connectivity index (χ0v) is 13.2. The maximum Gasteiger partial charge on any atom is 0.124 e. The Bertz CT molecular complexity index is 615. The lowest BCUT2D eigenvalue weighted by molar-refractivity contribution is 0.402. The van der Waals surface area contributed by atoms with Crippen LogP contribution in [0.4, 0.5) is 0 Å². The molecule has 0 saturated heterocycles. The highest BCUT2D eigenvalue weighted by atomic mass is 35.5. The number of halogens is 1. The minimum Gasteiger partial charge on any atom is -0.507 e. The van der Waals surface area contributed by atoms with Gasteiger partial charge in [0.05, 0.1) is 7.11 Å². The highest BCUT2D eigenvalue weighted by Crippen LogP contribution is 2.30. The van der Waals surface area contributed by atoms with E-state index in [9.17, 15) is 5.11 Å². The zero-order valence-electron chi connectivity index (χ0n) is 12.4. The Hall–Kier alpha value is -1.71. The molecule has 2 atom stereocenters. The van der Waals surface area contributed by atoms with Crippen LogP contribution in [0, 0.1) is 0 Å². The fraction of sp³-hybridized carbons (Fsp3) is 0.294. The first kappa shape index (κ1) is 15.7. The number of aromatic hydroxyl groups is 1. The predicted molar refractivity (Wildman–Crippen MR) is 86.1 cm³/mol. The summed E-state index contributed by atoms with van der Waals surface area (Å²) in [6, 6.07) is 13.2. The molecule has 0 fully saturated rings. The van der Waals surface area contributed by atoms with E-state index in [1.807, 2.05) is 43.3 Å². The monoisotopic (exact) mass is 305 g/mol. The molecule has 0 aliphatic heterocycles. The molecule has 0 amide bonds. The smallest absolute Gasteiger partial charge is 0.124 e. The highest BCUT2D eigenvalue weighted by Gasteiger charge is 2.15. The van der Waals surface area contributed by atoms with Gasteiger partial charge in [-0.05, 0) is 37.6 Å². The Morgan fingerprint density at radius 2 is 1.86 bits per heavy atom. The molecule has 0 radical (unpaired) electrons. The van der Waals surface area contributed by atoms with Crippen LogP contribution in [0.25, 0.3) is 0 Å². The van der Waals surface area contributed by atoms with Gasteiger partial charge >= 0.3 is 0 Å². The lowest BCUT2D eigenvalue weighted by atomic mass is 10.0. The van der Waals surface area contributed by atoms with E-state index in [1.54, 1.807) is 13.2 Å². The average Bonchev–Trinajstić information content (AvgIpc) is 2.46. The van der Waals surface area contributed by atoms with Crippen LogP contribution in [-0.4, -0.2) is 12.2 Å². The molecule has 0 heterocycles. The third-order valence-corrected chi connectivity index (χ3v) is 3.79. The van der Waals surface area contributed by atoms with Crippen molar-refractivity contribution < 1.29 is 9.84 Å². The first-order chi connectivity index (χ1) is 10.0. The molecule has 1 unspecified atom stereocenters. The van der Waals surface area contributed by atoms with E-state index in [0.717, 1.165) is 16.1 Å². The number of rotatable bonds is 5. The van der Waals surface area contributed by atoms with Crippen molar-refractivity contribution in [1.29, 1.82) is 0 Å². The van der Waals surface area contributed by atoms with Crippen molar-refractivity contribution in [3.63, 3.8) is 0 Å². The number of methoxy groups -OCH3 is 1. The van der Waals surface area contributed by atoms with Gasteiger partial charge in [-0.2, -0.15) is 0 Å². The molecule has 21 heavy (non-hydrogen) atoms. The molecular formula is C17H20ClNO2. The number of hydrogen-bond donors (Lipinski definition) is 2.